The molecule has 0 atom stereocenters. The Kier molecular flexibility index (Phi) is 4.03. The van der Waals surface area contributed by atoms with Crippen molar-refractivity contribution in [3.63, 3.8) is 0 Å². The molecule has 3 nitrogen and oxygen atoms in total. The van der Waals surface area contributed by atoms with Crippen molar-refractivity contribution in [2.75, 3.05) is 7.11 Å². The van der Waals surface area contributed by atoms with Gasteiger partial charge in [0.05, 0.1) is 12.6 Å². The van der Waals surface area contributed by atoms with Gasteiger partial charge in [-0.1, -0.05) is 25.8 Å². The van der Waals surface area contributed by atoms with E-state index in [1.54, 1.807) is 13.2 Å². The summed E-state index contributed by atoms with van der Waals surface area (Å²) in [6, 6.07) is 7.44. The summed E-state index contributed by atoms with van der Waals surface area (Å²) < 4.78 is 5.39. The number of unbranched alkanes of at least 4 members (excludes halogenated alkanes) is 2. The molecule has 18 heavy (non-hydrogen) atoms. The molecule has 96 valence electrons. The van der Waals surface area contributed by atoms with E-state index in [2.05, 4.69) is 11.9 Å². The number of aromatic amines is 1. The molecule has 2 aromatic rings. The fraction of sp³-hybridized carbons (Fsp3) is 0.400. The third-order valence-electron chi connectivity index (χ3n) is 3.18. The zero-order chi connectivity index (χ0) is 13.0. The van der Waals surface area contributed by atoms with Crippen molar-refractivity contribution < 1.29 is 4.74 Å². The van der Waals surface area contributed by atoms with Crippen LogP contribution < -0.4 is 10.3 Å². The summed E-state index contributed by atoms with van der Waals surface area (Å²) in [6.45, 7) is 2.18. The summed E-state index contributed by atoms with van der Waals surface area (Å²) >= 11 is 0. The lowest BCUT2D eigenvalue weighted by Gasteiger charge is -2.10. The molecule has 0 aliphatic rings. The average molecular weight is 245 g/mol. The third-order valence-corrected chi connectivity index (χ3v) is 3.18. The van der Waals surface area contributed by atoms with Gasteiger partial charge in [0, 0.05) is 11.5 Å². The Morgan fingerprint density at radius 3 is 2.83 bits per heavy atom. The van der Waals surface area contributed by atoms with E-state index in [9.17, 15) is 4.79 Å². The molecule has 0 saturated carbocycles. The van der Waals surface area contributed by atoms with Gasteiger partial charge in [0.25, 0.3) is 0 Å². The van der Waals surface area contributed by atoms with Crippen LogP contribution in [-0.4, -0.2) is 12.1 Å². The molecule has 0 amide bonds. The molecular formula is C15H19NO2. The van der Waals surface area contributed by atoms with E-state index in [4.69, 9.17) is 4.74 Å². The summed E-state index contributed by atoms with van der Waals surface area (Å²) in [5, 5.41) is 1.04. The largest absolute Gasteiger partial charge is 0.496 e. The standard InChI is InChI=1S/C15H19NO2/c1-3-4-5-7-11-10-14(17)16-12-8-6-9-13(18-2)15(11)12/h6,8-10H,3-5,7H2,1-2H3,(H,16,17). The van der Waals surface area contributed by atoms with Gasteiger partial charge < -0.3 is 9.72 Å². The second-order valence-corrected chi connectivity index (χ2v) is 4.50. The zero-order valence-corrected chi connectivity index (χ0v) is 11.0. The van der Waals surface area contributed by atoms with Crippen LogP contribution in [0.5, 0.6) is 5.75 Å². The molecule has 2 rings (SSSR count). The van der Waals surface area contributed by atoms with Crippen LogP contribution in [-0.2, 0) is 6.42 Å². The summed E-state index contributed by atoms with van der Waals surface area (Å²) in [5.41, 5.74) is 1.90. The van der Waals surface area contributed by atoms with E-state index in [0.29, 0.717) is 0 Å². The molecule has 0 fully saturated rings. The molecular weight excluding hydrogens is 226 g/mol. The Hall–Kier alpha value is -1.77. The van der Waals surface area contributed by atoms with Gasteiger partial charge in [-0.15, -0.1) is 0 Å². The molecule has 1 heterocycles. The fourth-order valence-corrected chi connectivity index (χ4v) is 2.30. The molecule has 0 saturated heterocycles. The molecule has 0 radical (unpaired) electrons. The van der Waals surface area contributed by atoms with Gasteiger partial charge in [0.1, 0.15) is 5.75 Å². The highest BCUT2D eigenvalue weighted by Crippen LogP contribution is 2.27. The number of H-pyrrole nitrogens is 1. The topological polar surface area (TPSA) is 42.1 Å². The van der Waals surface area contributed by atoms with E-state index >= 15 is 0 Å². The van der Waals surface area contributed by atoms with Gasteiger partial charge in [-0.3, -0.25) is 4.79 Å². The number of fused-ring (bicyclic) bond motifs is 1. The monoisotopic (exact) mass is 245 g/mol. The number of nitrogens with one attached hydrogen (secondary N) is 1. The number of aromatic nitrogens is 1. The Morgan fingerprint density at radius 1 is 1.28 bits per heavy atom. The predicted molar refractivity (Wildman–Crippen MR) is 74.3 cm³/mol. The molecule has 0 bridgehead atoms. The smallest absolute Gasteiger partial charge is 0.248 e. The first-order valence-electron chi connectivity index (χ1n) is 6.45. The van der Waals surface area contributed by atoms with Gasteiger partial charge >= 0.3 is 0 Å². The van der Waals surface area contributed by atoms with Crippen LogP contribution in [0, 0.1) is 0 Å². The van der Waals surface area contributed by atoms with Crippen molar-refractivity contribution in [2.24, 2.45) is 0 Å². The molecule has 0 unspecified atom stereocenters. The van der Waals surface area contributed by atoms with E-state index in [0.717, 1.165) is 35.1 Å². The van der Waals surface area contributed by atoms with Crippen molar-refractivity contribution in [3.05, 3.63) is 40.2 Å². The minimum absolute atomic E-state index is 0.0396. The van der Waals surface area contributed by atoms with E-state index in [-0.39, 0.29) is 5.56 Å². The maximum atomic E-state index is 11.6. The van der Waals surface area contributed by atoms with Crippen LogP contribution in [0.2, 0.25) is 0 Å². The van der Waals surface area contributed by atoms with Crippen molar-refractivity contribution >= 4 is 10.9 Å². The average Bonchev–Trinajstić information content (AvgIpc) is 2.37. The molecule has 0 aliphatic carbocycles. The SMILES string of the molecule is CCCCCc1cc(=O)[nH]c2cccc(OC)c12. The molecule has 1 aromatic carbocycles. The quantitative estimate of drug-likeness (QED) is 0.821. The first kappa shape index (κ1) is 12.7. The first-order chi connectivity index (χ1) is 8.76. The van der Waals surface area contributed by atoms with Crippen molar-refractivity contribution in [3.8, 4) is 5.75 Å². The van der Waals surface area contributed by atoms with Crippen molar-refractivity contribution in [1.82, 2.24) is 4.98 Å². The van der Waals surface area contributed by atoms with Crippen LogP contribution in [0.25, 0.3) is 10.9 Å². The highest BCUT2D eigenvalue weighted by atomic mass is 16.5. The van der Waals surface area contributed by atoms with Crippen molar-refractivity contribution in [2.45, 2.75) is 32.6 Å². The highest BCUT2D eigenvalue weighted by molar-refractivity contribution is 5.88. The lowest BCUT2D eigenvalue weighted by Crippen LogP contribution is -2.07. The van der Waals surface area contributed by atoms with Crippen LogP contribution in [0.3, 0.4) is 0 Å². The summed E-state index contributed by atoms with van der Waals surface area (Å²) in [4.78, 5) is 14.5. The molecule has 1 N–H and O–H groups in total. The zero-order valence-electron chi connectivity index (χ0n) is 11.0. The fourth-order valence-electron chi connectivity index (χ4n) is 2.30. The van der Waals surface area contributed by atoms with Gasteiger partial charge in [-0.25, -0.2) is 0 Å². The molecule has 1 aromatic heterocycles. The maximum absolute atomic E-state index is 11.6. The number of rotatable bonds is 5. The number of aryl methyl sites for hydroxylation is 1. The van der Waals surface area contributed by atoms with E-state index in [1.165, 1.54) is 12.8 Å². The van der Waals surface area contributed by atoms with Gasteiger partial charge in [-0.05, 0) is 30.5 Å². The first-order valence-corrected chi connectivity index (χ1v) is 6.45. The normalized spacial score (nSPS) is 10.8. The highest BCUT2D eigenvalue weighted by Gasteiger charge is 2.08. The third kappa shape index (κ3) is 2.55. The number of hydrogen-bond acceptors (Lipinski definition) is 2. The second-order valence-electron chi connectivity index (χ2n) is 4.50. The Morgan fingerprint density at radius 2 is 2.11 bits per heavy atom. The van der Waals surface area contributed by atoms with Crippen LogP contribution in [0.1, 0.15) is 31.7 Å². The number of benzene rings is 1. The van der Waals surface area contributed by atoms with Crippen LogP contribution in [0.15, 0.2) is 29.1 Å². The lowest BCUT2D eigenvalue weighted by atomic mass is 10.0. The van der Waals surface area contributed by atoms with Crippen molar-refractivity contribution in [1.29, 1.82) is 0 Å². The lowest BCUT2D eigenvalue weighted by molar-refractivity contribution is 0.419. The maximum Gasteiger partial charge on any atom is 0.248 e. The second kappa shape index (κ2) is 5.71. The number of pyridine rings is 1. The van der Waals surface area contributed by atoms with E-state index < -0.39 is 0 Å². The minimum Gasteiger partial charge on any atom is -0.496 e. The van der Waals surface area contributed by atoms with Crippen LogP contribution >= 0.6 is 0 Å². The Balaban J connectivity index is 2.51. The molecule has 3 heteroatoms. The predicted octanol–water partition coefficient (Wildman–Crippen LogP) is 3.27. The number of methoxy groups -OCH3 is 1. The summed E-state index contributed by atoms with van der Waals surface area (Å²) in [7, 11) is 1.66. The minimum atomic E-state index is -0.0396. The Labute approximate surface area is 107 Å². The van der Waals surface area contributed by atoms with Gasteiger partial charge in [-0.2, -0.15) is 0 Å². The molecule has 0 spiro atoms. The van der Waals surface area contributed by atoms with E-state index in [1.807, 2.05) is 18.2 Å². The summed E-state index contributed by atoms with van der Waals surface area (Å²) in [6.07, 6.45) is 4.39. The van der Waals surface area contributed by atoms with Gasteiger partial charge in [0.15, 0.2) is 0 Å². The molecule has 0 aliphatic heterocycles. The van der Waals surface area contributed by atoms with Crippen LogP contribution in [0.4, 0.5) is 0 Å². The van der Waals surface area contributed by atoms with Gasteiger partial charge in [0.2, 0.25) is 5.56 Å². The summed E-state index contributed by atoms with van der Waals surface area (Å²) in [5.74, 6) is 0.829. The number of hydrogen-bond donors (Lipinski definition) is 1. The Bertz CT molecular complexity index is 587. The number of ether oxygens (including phenoxy) is 1.